The number of halogens is 1. The Kier molecular flexibility index (Phi) is 5.40. The van der Waals surface area contributed by atoms with Crippen molar-refractivity contribution in [3.63, 3.8) is 0 Å². The van der Waals surface area contributed by atoms with Crippen LogP contribution < -0.4 is 5.73 Å². The molecule has 0 radical (unpaired) electrons. The lowest BCUT2D eigenvalue weighted by Gasteiger charge is -2.21. The van der Waals surface area contributed by atoms with Crippen LogP contribution in [0.3, 0.4) is 0 Å². The summed E-state index contributed by atoms with van der Waals surface area (Å²) in [5, 5.41) is 0.363. The molecule has 0 spiro atoms. The number of sulfonamides is 1. The fourth-order valence-electron chi connectivity index (χ4n) is 1.79. The van der Waals surface area contributed by atoms with Crippen LogP contribution in [0.15, 0.2) is 29.7 Å². The Morgan fingerprint density at radius 3 is 2.63 bits per heavy atom. The van der Waals surface area contributed by atoms with E-state index in [0.29, 0.717) is 17.1 Å². The Bertz CT molecular complexity index is 570. The Labute approximate surface area is 119 Å². The van der Waals surface area contributed by atoms with Crippen molar-refractivity contribution < 1.29 is 8.42 Å². The lowest BCUT2D eigenvalue weighted by molar-refractivity contribution is 0.441. The van der Waals surface area contributed by atoms with E-state index < -0.39 is 10.0 Å². The lowest BCUT2D eigenvalue weighted by Crippen LogP contribution is -2.32. The first kappa shape index (κ1) is 16.0. The normalized spacial score (nSPS) is 11.8. The van der Waals surface area contributed by atoms with Crippen LogP contribution >= 0.6 is 11.6 Å². The third-order valence-electron chi connectivity index (χ3n) is 2.72. The summed E-state index contributed by atoms with van der Waals surface area (Å²) in [4.78, 5) is 0.199. The highest BCUT2D eigenvalue weighted by Gasteiger charge is 2.25. The van der Waals surface area contributed by atoms with Gasteiger partial charge in [0.15, 0.2) is 0 Å². The van der Waals surface area contributed by atoms with Crippen LogP contribution in [0.5, 0.6) is 0 Å². The molecule has 0 unspecified atom stereocenters. The van der Waals surface area contributed by atoms with E-state index in [2.05, 4.69) is 6.58 Å². The van der Waals surface area contributed by atoms with Gasteiger partial charge in [-0.3, -0.25) is 0 Å². The molecule has 0 saturated heterocycles. The number of nitrogens with two attached hydrogens (primary N) is 1. The minimum atomic E-state index is -3.57. The highest BCUT2D eigenvalue weighted by atomic mass is 35.5. The molecule has 106 valence electrons. The topological polar surface area (TPSA) is 63.4 Å². The van der Waals surface area contributed by atoms with Crippen LogP contribution in [-0.2, 0) is 10.0 Å². The van der Waals surface area contributed by atoms with Crippen molar-refractivity contribution in [2.75, 3.05) is 18.8 Å². The summed E-state index contributed by atoms with van der Waals surface area (Å²) in [7, 11) is -3.57. The number of nitrogens with zero attached hydrogens (tertiary/aromatic N) is 1. The molecule has 19 heavy (non-hydrogen) atoms. The van der Waals surface area contributed by atoms with Crippen LogP contribution in [0.25, 0.3) is 0 Å². The first-order valence-electron chi connectivity index (χ1n) is 6.01. The monoisotopic (exact) mass is 302 g/mol. The van der Waals surface area contributed by atoms with Gasteiger partial charge in [-0.2, -0.15) is 4.31 Å². The molecule has 0 amide bonds. The molecule has 0 aromatic heterocycles. The summed E-state index contributed by atoms with van der Waals surface area (Å²) < 4.78 is 26.5. The molecule has 1 aromatic rings. The molecular weight excluding hydrogens is 284 g/mol. The smallest absolute Gasteiger partial charge is 0.243 e. The van der Waals surface area contributed by atoms with Gasteiger partial charge in [-0.05, 0) is 31.0 Å². The zero-order valence-electron chi connectivity index (χ0n) is 11.2. The maximum Gasteiger partial charge on any atom is 0.243 e. The van der Waals surface area contributed by atoms with E-state index in [4.69, 9.17) is 17.3 Å². The van der Waals surface area contributed by atoms with Gasteiger partial charge in [-0.15, -0.1) is 6.58 Å². The average Bonchev–Trinajstić information content (AvgIpc) is 2.33. The van der Waals surface area contributed by atoms with Gasteiger partial charge in [-0.1, -0.05) is 24.6 Å². The van der Waals surface area contributed by atoms with Crippen molar-refractivity contribution in [2.24, 2.45) is 0 Å². The molecule has 1 aromatic carbocycles. The van der Waals surface area contributed by atoms with E-state index in [1.165, 1.54) is 10.4 Å². The number of hydrogen-bond acceptors (Lipinski definition) is 3. The van der Waals surface area contributed by atoms with Crippen LogP contribution in [0.1, 0.15) is 18.9 Å². The summed E-state index contributed by atoms with van der Waals surface area (Å²) in [6.07, 6.45) is 2.30. The van der Waals surface area contributed by atoms with Crippen LogP contribution in [-0.4, -0.2) is 25.8 Å². The maximum absolute atomic E-state index is 12.6. The maximum atomic E-state index is 12.6. The molecule has 0 aliphatic heterocycles. The fraction of sp³-hybridized carbons (Fsp3) is 0.385. The number of benzene rings is 1. The van der Waals surface area contributed by atoms with Gasteiger partial charge < -0.3 is 5.73 Å². The highest BCUT2D eigenvalue weighted by molar-refractivity contribution is 7.89. The molecule has 0 atom stereocenters. The van der Waals surface area contributed by atoms with Gasteiger partial charge in [0.05, 0.1) is 15.6 Å². The SMILES string of the molecule is C=CCN(CCC)S(=O)(=O)c1cc(N)c(Cl)cc1C. The van der Waals surface area contributed by atoms with Gasteiger partial charge >= 0.3 is 0 Å². The molecule has 0 fully saturated rings. The summed E-state index contributed by atoms with van der Waals surface area (Å²) in [5.74, 6) is 0. The zero-order valence-corrected chi connectivity index (χ0v) is 12.8. The number of anilines is 1. The number of aryl methyl sites for hydroxylation is 1. The second-order valence-corrected chi connectivity index (χ2v) is 6.60. The van der Waals surface area contributed by atoms with E-state index >= 15 is 0 Å². The summed E-state index contributed by atoms with van der Waals surface area (Å²) in [5.41, 5.74) is 6.55. The molecule has 1 rings (SSSR count). The molecule has 0 aliphatic rings. The van der Waals surface area contributed by atoms with Gasteiger partial charge in [0.1, 0.15) is 0 Å². The predicted molar refractivity (Wildman–Crippen MR) is 79.8 cm³/mol. The van der Waals surface area contributed by atoms with Crippen molar-refractivity contribution in [2.45, 2.75) is 25.2 Å². The van der Waals surface area contributed by atoms with Gasteiger partial charge in [-0.25, -0.2) is 8.42 Å². The standard InChI is InChI=1S/C13H19ClN2O2S/c1-4-6-16(7-5-2)19(17,18)13-9-12(15)11(14)8-10(13)3/h4,8-9H,1,5-7,15H2,2-3H3. The van der Waals surface area contributed by atoms with Crippen molar-refractivity contribution in [1.29, 1.82) is 0 Å². The zero-order chi connectivity index (χ0) is 14.6. The second-order valence-electron chi connectivity index (χ2n) is 4.29. The Morgan fingerprint density at radius 1 is 1.47 bits per heavy atom. The minimum absolute atomic E-state index is 0.199. The first-order valence-corrected chi connectivity index (χ1v) is 7.83. The average molecular weight is 303 g/mol. The van der Waals surface area contributed by atoms with Crippen molar-refractivity contribution >= 4 is 27.3 Å². The molecule has 0 bridgehead atoms. The second kappa shape index (κ2) is 6.41. The van der Waals surface area contributed by atoms with Crippen LogP contribution in [0.2, 0.25) is 5.02 Å². The summed E-state index contributed by atoms with van der Waals surface area (Å²) >= 11 is 5.89. The number of nitrogen functional groups attached to an aromatic ring is 1. The van der Waals surface area contributed by atoms with Crippen LogP contribution in [0, 0.1) is 6.92 Å². The van der Waals surface area contributed by atoms with E-state index in [0.717, 1.165) is 6.42 Å². The summed E-state index contributed by atoms with van der Waals surface area (Å²) in [6, 6.07) is 2.99. The predicted octanol–water partition coefficient (Wildman–Crippen LogP) is 2.82. The molecule has 2 N–H and O–H groups in total. The Morgan fingerprint density at radius 2 is 2.11 bits per heavy atom. The van der Waals surface area contributed by atoms with Crippen molar-refractivity contribution in [3.8, 4) is 0 Å². The highest BCUT2D eigenvalue weighted by Crippen LogP contribution is 2.28. The molecule has 0 heterocycles. The quantitative estimate of drug-likeness (QED) is 0.649. The van der Waals surface area contributed by atoms with Crippen molar-refractivity contribution in [1.82, 2.24) is 4.31 Å². The number of rotatable bonds is 6. The molecule has 0 saturated carbocycles. The van der Waals surface area contributed by atoms with Crippen LogP contribution in [0.4, 0.5) is 5.69 Å². The largest absolute Gasteiger partial charge is 0.397 e. The number of hydrogen-bond donors (Lipinski definition) is 1. The van der Waals surface area contributed by atoms with Gasteiger partial charge in [0.2, 0.25) is 10.0 Å². The van der Waals surface area contributed by atoms with E-state index in [9.17, 15) is 8.42 Å². The lowest BCUT2D eigenvalue weighted by atomic mass is 10.2. The molecular formula is C13H19ClN2O2S. The van der Waals surface area contributed by atoms with Crippen molar-refractivity contribution in [3.05, 3.63) is 35.4 Å². The Hall–Kier alpha value is -1.04. The van der Waals surface area contributed by atoms with E-state index in [1.807, 2.05) is 6.92 Å². The van der Waals surface area contributed by atoms with Gasteiger partial charge in [0, 0.05) is 13.1 Å². The minimum Gasteiger partial charge on any atom is -0.397 e. The molecule has 0 aliphatic carbocycles. The van der Waals surface area contributed by atoms with E-state index in [-0.39, 0.29) is 17.1 Å². The van der Waals surface area contributed by atoms with E-state index in [1.54, 1.807) is 19.1 Å². The molecule has 6 heteroatoms. The van der Waals surface area contributed by atoms with Gasteiger partial charge in [0.25, 0.3) is 0 Å². The third kappa shape index (κ3) is 3.49. The fourth-order valence-corrected chi connectivity index (χ4v) is 3.75. The Balaban J connectivity index is 3.32. The molecule has 4 nitrogen and oxygen atoms in total. The third-order valence-corrected chi connectivity index (χ3v) is 5.05. The summed E-state index contributed by atoms with van der Waals surface area (Å²) in [6.45, 7) is 7.94. The first-order chi connectivity index (χ1) is 8.84.